The van der Waals surface area contributed by atoms with Crippen LogP contribution in [-0.4, -0.2) is 22.8 Å². The highest BCUT2D eigenvalue weighted by Crippen LogP contribution is 2.21. The van der Waals surface area contributed by atoms with Gasteiger partial charge in [-0.3, -0.25) is 0 Å². The Balaban J connectivity index is 1.92. The Bertz CT molecular complexity index is 689. The first-order chi connectivity index (χ1) is 9.29. The molecule has 0 spiro atoms. The standard InChI is InChI=1S/C14H15N3OS/c15-8-11-2-1-3-12-13(11)16-14(19)17(12)6-4-10-5-7-18-9-10/h1-3,10H,4-7,9H2,(H,16,19). The number of rotatable bonds is 3. The van der Waals surface area contributed by atoms with Crippen molar-refractivity contribution in [2.75, 3.05) is 13.2 Å². The van der Waals surface area contributed by atoms with E-state index in [1.165, 1.54) is 0 Å². The first kappa shape index (κ1) is 12.4. The van der Waals surface area contributed by atoms with E-state index in [-0.39, 0.29) is 0 Å². The number of aromatic nitrogens is 2. The molecule has 5 heteroatoms. The lowest BCUT2D eigenvalue weighted by Gasteiger charge is -2.08. The molecule has 2 heterocycles. The summed E-state index contributed by atoms with van der Waals surface area (Å²) >= 11 is 5.37. The van der Waals surface area contributed by atoms with Crippen LogP contribution in [0.25, 0.3) is 11.0 Å². The van der Waals surface area contributed by atoms with Crippen LogP contribution < -0.4 is 0 Å². The van der Waals surface area contributed by atoms with E-state index in [0.29, 0.717) is 16.3 Å². The van der Waals surface area contributed by atoms with E-state index in [0.717, 1.165) is 43.6 Å². The van der Waals surface area contributed by atoms with E-state index in [9.17, 15) is 0 Å². The number of aromatic amines is 1. The fourth-order valence-corrected chi connectivity index (χ4v) is 2.91. The van der Waals surface area contributed by atoms with Gasteiger partial charge in [0.05, 0.1) is 16.6 Å². The first-order valence-corrected chi connectivity index (χ1v) is 6.90. The summed E-state index contributed by atoms with van der Waals surface area (Å²) in [5.41, 5.74) is 2.51. The lowest BCUT2D eigenvalue weighted by atomic mass is 10.1. The Hall–Kier alpha value is -1.64. The van der Waals surface area contributed by atoms with Crippen molar-refractivity contribution in [2.45, 2.75) is 19.4 Å². The second kappa shape index (κ2) is 5.16. The van der Waals surface area contributed by atoms with Crippen LogP contribution in [0.15, 0.2) is 18.2 Å². The van der Waals surface area contributed by atoms with Gasteiger partial charge in [-0.1, -0.05) is 6.07 Å². The average molecular weight is 273 g/mol. The molecule has 3 rings (SSSR count). The van der Waals surface area contributed by atoms with Crippen LogP contribution in [0.2, 0.25) is 0 Å². The largest absolute Gasteiger partial charge is 0.381 e. The maximum Gasteiger partial charge on any atom is 0.178 e. The quantitative estimate of drug-likeness (QED) is 0.875. The van der Waals surface area contributed by atoms with Crippen molar-refractivity contribution < 1.29 is 4.74 Å². The molecule has 1 aromatic heterocycles. The predicted molar refractivity (Wildman–Crippen MR) is 75.4 cm³/mol. The molecule has 19 heavy (non-hydrogen) atoms. The van der Waals surface area contributed by atoms with Gasteiger partial charge >= 0.3 is 0 Å². The third-order valence-electron chi connectivity index (χ3n) is 3.72. The van der Waals surface area contributed by atoms with Crippen LogP contribution in [0, 0.1) is 22.0 Å². The predicted octanol–water partition coefficient (Wildman–Crippen LogP) is 3.00. The fraction of sp³-hybridized carbons (Fsp3) is 0.429. The Morgan fingerprint density at radius 2 is 2.42 bits per heavy atom. The molecular formula is C14H15N3OS. The molecule has 1 unspecified atom stereocenters. The average Bonchev–Trinajstić information content (AvgIpc) is 3.03. The van der Waals surface area contributed by atoms with E-state index in [1.54, 1.807) is 0 Å². The highest BCUT2D eigenvalue weighted by molar-refractivity contribution is 7.71. The number of para-hydroxylation sites is 1. The van der Waals surface area contributed by atoms with E-state index in [1.807, 2.05) is 18.2 Å². The van der Waals surface area contributed by atoms with Gasteiger partial charge in [-0.2, -0.15) is 5.26 Å². The van der Waals surface area contributed by atoms with Gasteiger partial charge in [-0.15, -0.1) is 0 Å². The monoisotopic (exact) mass is 273 g/mol. The summed E-state index contributed by atoms with van der Waals surface area (Å²) in [4.78, 5) is 3.15. The van der Waals surface area contributed by atoms with Crippen molar-refractivity contribution >= 4 is 23.3 Å². The molecular weight excluding hydrogens is 258 g/mol. The topological polar surface area (TPSA) is 53.7 Å². The van der Waals surface area contributed by atoms with Crippen LogP contribution in [0.5, 0.6) is 0 Å². The number of nitrogens with zero attached hydrogens (tertiary/aromatic N) is 2. The Morgan fingerprint density at radius 1 is 1.53 bits per heavy atom. The SMILES string of the molecule is N#Cc1cccc2c1[nH]c(=S)n2CCC1CCOC1. The molecule has 0 saturated carbocycles. The summed E-state index contributed by atoms with van der Waals surface area (Å²) in [7, 11) is 0. The maximum absolute atomic E-state index is 9.11. The zero-order chi connectivity index (χ0) is 13.2. The van der Waals surface area contributed by atoms with Crippen LogP contribution in [0.4, 0.5) is 0 Å². The molecule has 2 aromatic rings. The lowest BCUT2D eigenvalue weighted by molar-refractivity contribution is 0.183. The zero-order valence-corrected chi connectivity index (χ0v) is 11.4. The van der Waals surface area contributed by atoms with Gasteiger partial charge in [0.2, 0.25) is 0 Å². The normalized spacial score (nSPS) is 18.8. The zero-order valence-electron chi connectivity index (χ0n) is 10.6. The van der Waals surface area contributed by atoms with E-state index in [4.69, 9.17) is 22.2 Å². The minimum Gasteiger partial charge on any atom is -0.381 e. The fourth-order valence-electron chi connectivity index (χ4n) is 2.62. The molecule has 1 atom stereocenters. The number of nitriles is 1. The van der Waals surface area contributed by atoms with Gasteiger partial charge in [0.25, 0.3) is 0 Å². The number of nitrogens with one attached hydrogen (secondary N) is 1. The van der Waals surface area contributed by atoms with Crippen LogP contribution in [0.3, 0.4) is 0 Å². The molecule has 1 fully saturated rings. The van der Waals surface area contributed by atoms with Crippen molar-refractivity contribution in [3.63, 3.8) is 0 Å². The summed E-state index contributed by atoms with van der Waals surface area (Å²) < 4.78 is 8.17. The summed E-state index contributed by atoms with van der Waals surface area (Å²) in [5.74, 6) is 0.631. The molecule has 1 aliphatic heterocycles. The number of imidazole rings is 1. The van der Waals surface area contributed by atoms with Crippen LogP contribution >= 0.6 is 12.2 Å². The number of hydrogen-bond acceptors (Lipinski definition) is 3. The molecule has 1 aliphatic rings. The molecule has 0 aliphatic carbocycles. The third-order valence-corrected chi connectivity index (χ3v) is 4.04. The number of fused-ring (bicyclic) bond motifs is 1. The second-order valence-electron chi connectivity index (χ2n) is 4.91. The number of hydrogen-bond donors (Lipinski definition) is 1. The Labute approximate surface area is 116 Å². The van der Waals surface area contributed by atoms with Crippen molar-refractivity contribution in [1.29, 1.82) is 5.26 Å². The third kappa shape index (κ3) is 2.29. The van der Waals surface area contributed by atoms with E-state index >= 15 is 0 Å². The summed E-state index contributed by atoms with van der Waals surface area (Å²) in [6.07, 6.45) is 2.21. The molecule has 1 saturated heterocycles. The van der Waals surface area contributed by atoms with Gasteiger partial charge in [0.1, 0.15) is 6.07 Å². The van der Waals surface area contributed by atoms with Gasteiger partial charge in [0.15, 0.2) is 4.77 Å². The van der Waals surface area contributed by atoms with Crippen LogP contribution in [-0.2, 0) is 11.3 Å². The Kier molecular flexibility index (Phi) is 3.36. The number of ether oxygens (including phenoxy) is 1. The second-order valence-corrected chi connectivity index (χ2v) is 5.30. The molecule has 0 bridgehead atoms. The molecule has 98 valence electrons. The number of H-pyrrole nitrogens is 1. The maximum atomic E-state index is 9.11. The molecule has 4 nitrogen and oxygen atoms in total. The molecule has 1 N–H and O–H groups in total. The van der Waals surface area contributed by atoms with Crippen molar-refractivity contribution in [2.24, 2.45) is 5.92 Å². The molecule has 1 aromatic carbocycles. The van der Waals surface area contributed by atoms with Crippen molar-refractivity contribution in [3.8, 4) is 6.07 Å². The van der Waals surface area contributed by atoms with E-state index < -0.39 is 0 Å². The first-order valence-electron chi connectivity index (χ1n) is 6.49. The molecule has 0 radical (unpaired) electrons. The van der Waals surface area contributed by atoms with Gasteiger partial charge in [-0.05, 0) is 43.1 Å². The van der Waals surface area contributed by atoms with Crippen molar-refractivity contribution in [3.05, 3.63) is 28.5 Å². The Morgan fingerprint density at radius 3 is 3.16 bits per heavy atom. The van der Waals surface area contributed by atoms with Gasteiger partial charge < -0.3 is 14.3 Å². The van der Waals surface area contributed by atoms with Gasteiger partial charge in [0, 0.05) is 19.8 Å². The van der Waals surface area contributed by atoms with Crippen LogP contribution in [0.1, 0.15) is 18.4 Å². The summed E-state index contributed by atoms with van der Waals surface area (Å²) in [5, 5.41) is 9.11. The van der Waals surface area contributed by atoms with Crippen molar-refractivity contribution in [1.82, 2.24) is 9.55 Å². The minimum absolute atomic E-state index is 0.631. The summed E-state index contributed by atoms with van der Waals surface area (Å²) in [6, 6.07) is 7.91. The van der Waals surface area contributed by atoms with Gasteiger partial charge in [-0.25, -0.2) is 0 Å². The number of aryl methyl sites for hydroxylation is 1. The number of benzene rings is 1. The highest BCUT2D eigenvalue weighted by atomic mass is 32.1. The lowest BCUT2D eigenvalue weighted by Crippen LogP contribution is -2.06. The highest BCUT2D eigenvalue weighted by Gasteiger charge is 2.16. The molecule has 0 amide bonds. The smallest absolute Gasteiger partial charge is 0.178 e. The minimum atomic E-state index is 0.631. The summed E-state index contributed by atoms with van der Waals surface area (Å²) in [6.45, 7) is 2.61. The van der Waals surface area contributed by atoms with E-state index in [2.05, 4.69) is 15.6 Å².